The van der Waals surface area contributed by atoms with Gasteiger partial charge in [0.15, 0.2) is 5.82 Å². The van der Waals surface area contributed by atoms with E-state index < -0.39 is 0 Å². The zero-order valence-electron chi connectivity index (χ0n) is 12.9. The molecular formula is C14H27N5. The second-order valence-electron chi connectivity index (χ2n) is 5.06. The van der Waals surface area contributed by atoms with E-state index >= 15 is 0 Å². The van der Waals surface area contributed by atoms with Gasteiger partial charge in [-0.15, -0.1) is 5.10 Å². The summed E-state index contributed by atoms with van der Waals surface area (Å²) in [6, 6.07) is 0. The van der Waals surface area contributed by atoms with Crippen LogP contribution in [0.4, 0.5) is 5.82 Å². The average molecular weight is 265 g/mol. The lowest BCUT2D eigenvalue weighted by atomic mass is 10.0. The fourth-order valence-corrected chi connectivity index (χ4v) is 2.22. The van der Waals surface area contributed by atoms with Crippen LogP contribution in [0.5, 0.6) is 0 Å². The standard InChI is InChI=1S/C14H27N5/c1-6-11-12(10-15)14(17-16-13(11)7-2)19(5)9-8-18(3)4/h6-10,15H2,1-5H3. The largest absolute Gasteiger partial charge is 0.357 e. The Bertz CT molecular complexity index is 403. The predicted molar refractivity (Wildman–Crippen MR) is 80.5 cm³/mol. The quantitative estimate of drug-likeness (QED) is 0.799. The molecule has 2 N–H and O–H groups in total. The molecule has 0 spiro atoms. The Morgan fingerprint density at radius 1 is 0.947 bits per heavy atom. The van der Waals surface area contributed by atoms with Gasteiger partial charge in [-0.1, -0.05) is 13.8 Å². The van der Waals surface area contributed by atoms with Crippen LogP contribution < -0.4 is 10.6 Å². The molecule has 1 heterocycles. The number of nitrogens with two attached hydrogens (primary N) is 1. The third-order valence-corrected chi connectivity index (χ3v) is 3.38. The van der Waals surface area contributed by atoms with E-state index in [9.17, 15) is 0 Å². The third-order valence-electron chi connectivity index (χ3n) is 3.38. The number of likely N-dealkylation sites (N-methyl/N-ethyl adjacent to an activating group) is 2. The van der Waals surface area contributed by atoms with E-state index in [1.54, 1.807) is 0 Å². The van der Waals surface area contributed by atoms with Crippen LogP contribution in [0.25, 0.3) is 0 Å². The Balaban J connectivity index is 3.06. The van der Waals surface area contributed by atoms with E-state index in [0.717, 1.165) is 43.0 Å². The number of hydrogen-bond donors (Lipinski definition) is 1. The molecule has 0 aromatic carbocycles. The minimum atomic E-state index is 0.521. The summed E-state index contributed by atoms with van der Waals surface area (Å²) in [6.45, 7) is 6.69. The molecule has 0 amide bonds. The van der Waals surface area contributed by atoms with E-state index in [1.807, 2.05) is 0 Å². The van der Waals surface area contributed by atoms with Crippen molar-refractivity contribution in [1.82, 2.24) is 15.1 Å². The molecule has 5 heteroatoms. The highest BCUT2D eigenvalue weighted by Gasteiger charge is 2.16. The molecule has 1 aromatic rings. The minimum absolute atomic E-state index is 0.521. The topological polar surface area (TPSA) is 58.3 Å². The van der Waals surface area contributed by atoms with Gasteiger partial charge in [0, 0.05) is 32.2 Å². The van der Waals surface area contributed by atoms with Gasteiger partial charge < -0.3 is 15.5 Å². The monoisotopic (exact) mass is 265 g/mol. The van der Waals surface area contributed by atoms with Crippen LogP contribution in [0, 0.1) is 0 Å². The van der Waals surface area contributed by atoms with Gasteiger partial charge in [0.2, 0.25) is 0 Å². The molecule has 0 aliphatic carbocycles. The number of rotatable bonds is 7. The highest BCUT2D eigenvalue weighted by molar-refractivity contribution is 5.50. The van der Waals surface area contributed by atoms with Crippen molar-refractivity contribution in [2.75, 3.05) is 39.1 Å². The molecule has 19 heavy (non-hydrogen) atoms. The van der Waals surface area contributed by atoms with Crippen molar-refractivity contribution >= 4 is 5.82 Å². The number of aromatic nitrogens is 2. The van der Waals surface area contributed by atoms with Gasteiger partial charge in [-0.05, 0) is 32.5 Å². The summed E-state index contributed by atoms with van der Waals surface area (Å²) in [5, 5.41) is 8.75. The van der Waals surface area contributed by atoms with Crippen LogP contribution >= 0.6 is 0 Å². The highest BCUT2D eigenvalue weighted by Crippen LogP contribution is 2.22. The highest BCUT2D eigenvalue weighted by atomic mass is 15.3. The van der Waals surface area contributed by atoms with Crippen LogP contribution in [0.3, 0.4) is 0 Å². The zero-order valence-corrected chi connectivity index (χ0v) is 12.9. The van der Waals surface area contributed by atoms with Crippen molar-refractivity contribution in [2.24, 2.45) is 5.73 Å². The Kier molecular flexibility index (Phi) is 6.18. The molecule has 0 bridgehead atoms. The van der Waals surface area contributed by atoms with Gasteiger partial charge in [0.25, 0.3) is 0 Å². The fourth-order valence-electron chi connectivity index (χ4n) is 2.22. The number of nitrogens with zero attached hydrogens (tertiary/aromatic N) is 4. The van der Waals surface area contributed by atoms with Crippen LogP contribution in [-0.4, -0.2) is 49.3 Å². The summed E-state index contributed by atoms with van der Waals surface area (Å²) in [6.07, 6.45) is 1.87. The lowest BCUT2D eigenvalue weighted by molar-refractivity contribution is 0.416. The number of hydrogen-bond acceptors (Lipinski definition) is 5. The Hall–Kier alpha value is -1.20. The van der Waals surface area contributed by atoms with Crippen LogP contribution in [0.1, 0.15) is 30.7 Å². The van der Waals surface area contributed by atoms with Crippen molar-refractivity contribution in [3.8, 4) is 0 Å². The molecule has 1 rings (SSSR count). The molecule has 0 saturated heterocycles. The first-order chi connectivity index (χ1) is 9.04. The first kappa shape index (κ1) is 15.9. The molecule has 0 radical (unpaired) electrons. The Labute approximate surface area is 116 Å². The molecule has 0 aliphatic rings. The summed E-state index contributed by atoms with van der Waals surface area (Å²) < 4.78 is 0. The van der Waals surface area contributed by atoms with Crippen molar-refractivity contribution < 1.29 is 0 Å². The fraction of sp³-hybridized carbons (Fsp3) is 0.714. The summed E-state index contributed by atoms with van der Waals surface area (Å²) in [5.74, 6) is 0.929. The second-order valence-corrected chi connectivity index (χ2v) is 5.06. The summed E-state index contributed by atoms with van der Waals surface area (Å²) >= 11 is 0. The van der Waals surface area contributed by atoms with Gasteiger partial charge in [-0.25, -0.2) is 0 Å². The SMILES string of the molecule is CCc1nnc(N(C)CCN(C)C)c(CN)c1CC. The number of anilines is 1. The molecule has 0 aliphatic heterocycles. The lowest BCUT2D eigenvalue weighted by Crippen LogP contribution is -2.30. The molecule has 0 unspecified atom stereocenters. The van der Waals surface area contributed by atoms with E-state index in [0.29, 0.717) is 6.54 Å². The average Bonchev–Trinajstić information content (AvgIpc) is 2.42. The maximum Gasteiger partial charge on any atom is 0.155 e. The second kappa shape index (κ2) is 7.40. The van der Waals surface area contributed by atoms with Crippen LogP contribution in [0.15, 0.2) is 0 Å². The molecule has 108 valence electrons. The summed E-state index contributed by atoms with van der Waals surface area (Å²) in [5.41, 5.74) is 9.43. The maximum absolute atomic E-state index is 5.94. The first-order valence-electron chi connectivity index (χ1n) is 6.98. The molecule has 5 nitrogen and oxygen atoms in total. The van der Waals surface area contributed by atoms with E-state index in [2.05, 4.69) is 55.0 Å². The predicted octanol–water partition coefficient (Wildman–Crippen LogP) is 1.06. The summed E-state index contributed by atoms with van der Waals surface area (Å²) in [7, 11) is 6.19. The van der Waals surface area contributed by atoms with Gasteiger partial charge in [0.05, 0.1) is 5.69 Å². The lowest BCUT2D eigenvalue weighted by Gasteiger charge is -2.24. The van der Waals surface area contributed by atoms with Crippen molar-refractivity contribution in [3.05, 3.63) is 16.8 Å². The van der Waals surface area contributed by atoms with E-state index in [4.69, 9.17) is 5.73 Å². The summed E-state index contributed by atoms with van der Waals surface area (Å²) in [4.78, 5) is 4.31. The smallest absolute Gasteiger partial charge is 0.155 e. The Morgan fingerprint density at radius 2 is 1.63 bits per heavy atom. The Morgan fingerprint density at radius 3 is 2.11 bits per heavy atom. The molecule has 0 atom stereocenters. The van der Waals surface area contributed by atoms with E-state index in [1.165, 1.54) is 5.56 Å². The zero-order chi connectivity index (χ0) is 14.4. The maximum atomic E-state index is 5.94. The van der Waals surface area contributed by atoms with Crippen LogP contribution in [0.2, 0.25) is 0 Å². The third kappa shape index (κ3) is 3.88. The molecule has 1 aromatic heterocycles. The minimum Gasteiger partial charge on any atom is -0.357 e. The molecular weight excluding hydrogens is 238 g/mol. The first-order valence-corrected chi connectivity index (χ1v) is 6.98. The van der Waals surface area contributed by atoms with Crippen LogP contribution in [-0.2, 0) is 19.4 Å². The van der Waals surface area contributed by atoms with Gasteiger partial charge in [-0.2, -0.15) is 5.10 Å². The van der Waals surface area contributed by atoms with Crippen molar-refractivity contribution in [2.45, 2.75) is 33.2 Å². The van der Waals surface area contributed by atoms with Gasteiger partial charge >= 0.3 is 0 Å². The molecule has 0 fully saturated rings. The van der Waals surface area contributed by atoms with Crippen molar-refractivity contribution in [1.29, 1.82) is 0 Å². The van der Waals surface area contributed by atoms with E-state index in [-0.39, 0.29) is 0 Å². The molecule has 0 saturated carbocycles. The van der Waals surface area contributed by atoms with Crippen molar-refractivity contribution in [3.63, 3.8) is 0 Å². The normalized spacial score (nSPS) is 11.1. The van der Waals surface area contributed by atoms with Gasteiger partial charge in [-0.3, -0.25) is 0 Å². The number of aryl methyl sites for hydroxylation is 1. The van der Waals surface area contributed by atoms with Gasteiger partial charge in [0.1, 0.15) is 0 Å².